The topological polar surface area (TPSA) is 110 Å². The molecule has 0 saturated carbocycles. The van der Waals surface area contributed by atoms with Gasteiger partial charge in [-0.25, -0.2) is 9.18 Å². The smallest absolute Gasteiger partial charge is 0.412 e. The number of pyridine rings is 1. The Morgan fingerprint density at radius 3 is 2.71 bits per heavy atom. The first-order valence-electron chi connectivity index (χ1n) is 11.3. The molecule has 1 fully saturated rings. The maximum Gasteiger partial charge on any atom is 0.412 e. The first-order chi connectivity index (χ1) is 16.9. The van der Waals surface area contributed by atoms with Gasteiger partial charge in [-0.15, -0.1) is 0 Å². The molecule has 0 spiro atoms. The molecule has 11 heteroatoms. The summed E-state index contributed by atoms with van der Waals surface area (Å²) in [6, 6.07) is 4.42. The summed E-state index contributed by atoms with van der Waals surface area (Å²) in [5.74, 6) is -0.371. The van der Waals surface area contributed by atoms with E-state index in [0.717, 1.165) is 42.9 Å². The van der Waals surface area contributed by atoms with E-state index in [1.165, 1.54) is 13.2 Å². The number of rotatable bonds is 5. The largest absolute Gasteiger partial charge is 0.496 e. The molecule has 1 aliphatic rings. The van der Waals surface area contributed by atoms with Crippen molar-refractivity contribution in [3.05, 3.63) is 42.6 Å². The number of aryl methyl sites for hydroxylation is 1. The number of carbonyl (C=O) groups is 1. The van der Waals surface area contributed by atoms with Crippen molar-refractivity contribution >= 4 is 17.0 Å². The van der Waals surface area contributed by atoms with Gasteiger partial charge in [0, 0.05) is 42.4 Å². The summed E-state index contributed by atoms with van der Waals surface area (Å²) < 4.78 is 27.8. The number of benzene rings is 1. The highest BCUT2D eigenvalue weighted by Gasteiger charge is 2.22. The molecule has 35 heavy (non-hydrogen) atoms. The summed E-state index contributed by atoms with van der Waals surface area (Å²) in [5.41, 5.74) is 2.73. The maximum atomic E-state index is 15.3. The number of amides is 1. The molecule has 10 nitrogen and oxygen atoms in total. The van der Waals surface area contributed by atoms with Crippen molar-refractivity contribution in [2.45, 2.75) is 18.9 Å². The summed E-state index contributed by atoms with van der Waals surface area (Å²) in [6.07, 6.45) is 6.21. The molecule has 0 atom stereocenters. The molecule has 5 rings (SSSR count). The number of hydrogen-bond donors (Lipinski definition) is 2. The van der Waals surface area contributed by atoms with Crippen LogP contribution in [0.5, 0.6) is 11.5 Å². The number of likely N-dealkylation sites (tertiary alicyclic amines) is 1. The molecule has 1 saturated heterocycles. The molecule has 0 unspecified atom stereocenters. The van der Waals surface area contributed by atoms with Gasteiger partial charge >= 0.3 is 6.09 Å². The number of methoxy groups -OCH3 is 1. The van der Waals surface area contributed by atoms with E-state index in [0.29, 0.717) is 16.9 Å². The second kappa shape index (κ2) is 9.34. The number of aromatic nitrogens is 5. The first-order valence-corrected chi connectivity index (χ1v) is 11.3. The number of nitrogens with one attached hydrogen (secondary N) is 2. The second-order valence-electron chi connectivity index (χ2n) is 8.68. The normalized spacial score (nSPS) is 14.9. The molecule has 1 amide bonds. The van der Waals surface area contributed by atoms with Gasteiger partial charge in [-0.2, -0.15) is 10.2 Å². The zero-order valence-electron chi connectivity index (χ0n) is 19.7. The van der Waals surface area contributed by atoms with Crippen LogP contribution in [-0.2, 0) is 7.05 Å². The van der Waals surface area contributed by atoms with Crippen LogP contribution in [0.3, 0.4) is 0 Å². The fourth-order valence-corrected chi connectivity index (χ4v) is 4.30. The molecule has 1 aliphatic heterocycles. The van der Waals surface area contributed by atoms with E-state index in [1.807, 2.05) is 20.3 Å². The lowest BCUT2D eigenvalue weighted by Gasteiger charge is -2.29. The van der Waals surface area contributed by atoms with E-state index < -0.39 is 11.9 Å². The van der Waals surface area contributed by atoms with E-state index in [9.17, 15) is 4.79 Å². The van der Waals surface area contributed by atoms with Gasteiger partial charge in [0.1, 0.15) is 23.0 Å². The van der Waals surface area contributed by atoms with E-state index in [4.69, 9.17) is 9.47 Å². The Bertz CT molecular complexity index is 1370. The van der Waals surface area contributed by atoms with E-state index in [-0.39, 0.29) is 23.1 Å². The second-order valence-corrected chi connectivity index (χ2v) is 8.68. The predicted octanol–water partition coefficient (Wildman–Crippen LogP) is 3.36. The molecule has 1 aromatic carbocycles. The van der Waals surface area contributed by atoms with Crippen molar-refractivity contribution in [3.63, 3.8) is 0 Å². The number of aromatic amines is 1. The van der Waals surface area contributed by atoms with Gasteiger partial charge in [0.15, 0.2) is 0 Å². The third kappa shape index (κ3) is 4.67. The Hall–Kier alpha value is -3.99. The summed E-state index contributed by atoms with van der Waals surface area (Å²) in [6.45, 7) is 1.80. The summed E-state index contributed by atoms with van der Waals surface area (Å²) >= 11 is 0. The minimum Gasteiger partial charge on any atom is -0.496 e. The number of carbonyl (C=O) groups excluding carboxylic acids is 1. The van der Waals surface area contributed by atoms with Gasteiger partial charge in [-0.05, 0) is 39.0 Å². The van der Waals surface area contributed by atoms with Crippen molar-refractivity contribution < 1.29 is 18.7 Å². The summed E-state index contributed by atoms with van der Waals surface area (Å²) in [7, 11) is 5.30. The highest BCUT2D eigenvalue weighted by atomic mass is 19.1. The van der Waals surface area contributed by atoms with Crippen molar-refractivity contribution in [1.82, 2.24) is 35.2 Å². The van der Waals surface area contributed by atoms with Crippen LogP contribution in [0.2, 0.25) is 0 Å². The average Bonchev–Trinajstić information content (AvgIpc) is 3.45. The van der Waals surface area contributed by atoms with Crippen molar-refractivity contribution in [2.24, 2.45) is 7.05 Å². The SMILES string of the molecule is COc1cc(OC(=O)NC2CCN(C)CC2)cc(F)c1-c1cc2c(-c3cnn(C)c3)n[nH]c2cn1. The quantitative estimate of drug-likeness (QED) is 0.452. The van der Waals surface area contributed by atoms with Crippen LogP contribution in [0.15, 0.2) is 36.8 Å². The monoisotopic (exact) mass is 479 g/mol. The number of hydrogen-bond acceptors (Lipinski definition) is 7. The Morgan fingerprint density at radius 2 is 2.00 bits per heavy atom. The van der Waals surface area contributed by atoms with Crippen molar-refractivity contribution in [1.29, 1.82) is 0 Å². The standard InChI is InChI=1S/C24H26FN7O3/c1-31-6-4-15(5-7-31)28-24(33)35-16-8-18(25)22(21(9-16)34-3)19-10-17-20(12-26-19)29-30-23(17)14-11-27-32(2)13-14/h8-13,15H,4-7H2,1-3H3,(H,28,33)(H,29,30). The minimum atomic E-state index is -0.621. The molecular formula is C24H26FN7O3. The molecule has 3 aromatic heterocycles. The van der Waals surface area contributed by atoms with Crippen LogP contribution in [0.25, 0.3) is 33.4 Å². The minimum absolute atomic E-state index is 0.0320. The highest BCUT2D eigenvalue weighted by Crippen LogP contribution is 2.37. The molecule has 182 valence electrons. The predicted molar refractivity (Wildman–Crippen MR) is 128 cm³/mol. The summed E-state index contributed by atoms with van der Waals surface area (Å²) in [4.78, 5) is 19.0. The molecule has 2 N–H and O–H groups in total. The number of nitrogens with zero attached hydrogens (tertiary/aromatic N) is 5. The van der Waals surface area contributed by atoms with Crippen LogP contribution >= 0.6 is 0 Å². The molecular weight excluding hydrogens is 453 g/mol. The fraction of sp³-hybridized carbons (Fsp3) is 0.333. The number of fused-ring (bicyclic) bond motifs is 1. The van der Waals surface area contributed by atoms with E-state index in [1.54, 1.807) is 23.1 Å². The van der Waals surface area contributed by atoms with Crippen LogP contribution < -0.4 is 14.8 Å². The molecule has 4 heterocycles. The third-order valence-corrected chi connectivity index (χ3v) is 6.18. The average molecular weight is 480 g/mol. The van der Waals surface area contributed by atoms with Gasteiger partial charge in [-0.3, -0.25) is 14.8 Å². The molecule has 0 bridgehead atoms. The Kier molecular flexibility index (Phi) is 6.08. The van der Waals surface area contributed by atoms with Gasteiger partial charge < -0.3 is 19.7 Å². The first kappa shape index (κ1) is 22.8. The van der Waals surface area contributed by atoms with Crippen molar-refractivity contribution in [2.75, 3.05) is 27.2 Å². The van der Waals surface area contributed by atoms with Gasteiger partial charge in [-0.1, -0.05) is 0 Å². The van der Waals surface area contributed by atoms with E-state index >= 15 is 4.39 Å². The van der Waals surface area contributed by atoms with Gasteiger partial charge in [0.25, 0.3) is 0 Å². The van der Waals surface area contributed by atoms with Crippen LogP contribution in [-0.4, -0.2) is 69.2 Å². The Morgan fingerprint density at radius 1 is 1.20 bits per heavy atom. The van der Waals surface area contributed by atoms with Gasteiger partial charge in [0.2, 0.25) is 0 Å². The van der Waals surface area contributed by atoms with Crippen LogP contribution in [0.1, 0.15) is 12.8 Å². The fourth-order valence-electron chi connectivity index (χ4n) is 4.30. The summed E-state index contributed by atoms with van der Waals surface area (Å²) in [5, 5.41) is 15.1. The Balaban J connectivity index is 1.42. The van der Waals surface area contributed by atoms with Crippen molar-refractivity contribution in [3.8, 4) is 34.0 Å². The number of piperidine rings is 1. The van der Waals surface area contributed by atoms with E-state index in [2.05, 4.69) is 30.5 Å². The zero-order chi connectivity index (χ0) is 24.5. The highest BCUT2D eigenvalue weighted by molar-refractivity contribution is 5.94. The zero-order valence-corrected chi connectivity index (χ0v) is 19.7. The molecule has 4 aromatic rings. The van der Waals surface area contributed by atoms with Crippen LogP contribution in [0, 0.1) is 5.82 Å². The molecule has 0 radical (unpaired) electrons. The number of ether oxygens (including phenoxy) is 2. The molecule has 0 aliphatic carbocycles. The number of H-pyrrole nitrogens is 1. The number of halogens is 1. The maximum absolute atomic E-state index is 15.3. The lowest BCUT2D eigenvalue weighted by Crippen LogP contribution is -2.44. The van der Waals surface area contributed by atoms with Crippen LogP contribution in [0.4, 0.5) is 9.18 Å². The lowest BCUT2D eigenvalue weighted by atomic mass is 10.1. The lowest BCUT2D eigenvalue weighted by molar-refractivity contribution is 0.182. The third-order valence-electron chi connectivity index (χ3n) is 6.18. The Labute approximate surface area is 201 Å². The van der Waals surface area contributed by atoms with Gasteiger partial charge in [0.05, 0.1) is 36.3 Å².